The molecule has 1 saturated carbocycles. The van der Waals surface area contributed by atoms with Crippen LogP contribution in [0, 0.1) is 51.0 Å². The molecule has 0 aromatic rings. The number of amides is 1. The number of hydrogen-bond acceptors (Lipinski definition) is 22. The van der Waals surface area contributed by atoms with E-state index in [0.29, 0.717) is 30.3 Å². The average molecular weight is 1200 g/mol. The van der Waals surface area contributed by atoms with E-state index in [1.165, 1.54) is 19.9 Å². The minimum absolute atomic E-state index is 0.00104. The Bertz CT molecular complexity index is 2720. The molecule has 9 aliphatic rings. The SMILES string of the molecule is COC(=O)NC1C(C)OC(OC2C/C=C(/C)C3C=CC4C(OC5CC(OC6COC(C)C(OC7CC(O)C(O)C(C)O7)C6)C(OC(C)=O)C(C)O5)C(C)CC(C)C4C3(C)/C(O)=C3\C(=O)OC4(CC(C=O)=CC(O)C4/C=C/2C)C3=O)CC1(C)[N+](=O)[O-]. The zero-order chi connectivity index (χ0) is 61.9. The number of aldehydes is 1. The number of nitro groups is 1. The van der Waals surface area contributed by atoms with Gasteiger partial charge in [-0.25, -0.2) is 9.59 Å². The fraction of sp³-hybridized carbons (Fsp3) is 0.754. The Kier molecular flexibility index (Phi) is 19.2. The lowest BCUT2D eigenvalue weighted by atomic mass is 9.49. The van der Waals surface area contributed by atoms with Crippen LogP contribution >= 0.6 is 0 Å². The maximum absolute atomic E-state index is 15.5. The van der Waals surface area contributed by atoms with Gasteiger partial charge in [-0.3, -0.25) is 24.5 Å². The molecule has 24 nitrogen and oxygen atoms in total. The largest absolute Gasteiger partial charge is 0.511 e. The molecule has 26 unspecified atom stereocenters. The summed E-state index contributed by atoms with van der Waals surface area (Å²) in [7, 11) is 1.15. The molecule has 5 saturated heterocycles. The molecule has 9 rings (SSSR count). The molecule has 5 heterocycles. The Hall–Kier alpha value is -4.99. The van der Waals surface area contributed by atoms with Crippen molar-refractivity contribution in [3.63, 3.8) is 0 Å². The Morgan fingerprint density at radius 1 is 0.824 bits per heavy atom. The van der Waals surface area contributed by atoms with Gasteiger partial charge in [-0.2, -0.15) is 0 Å². The summed E-state index contributed by atoms with van der Waals surface area (Å²) in [6.45, 7) is 19.3. The van der Waals surface area contributed by atoms with Crippen molar-refractivity contribution >= 4 is 30.1 Å². The van der Waals surface area contributed by atoms with Gasteiger partial charge in [-0.15, -0.1) is 0 Å². The number of allylic oxidation sites excluding steroid dienone is 3. The molecule has 24 heteroatoms. The number of esters is 2. The number of Topliss-reactive ketones (excluding diaryl/α,β-unsaturated/α-hetero) is 1. The van der Waals surface area contributed by atoms with E-state index in [4.69, 9.17) is 52.1 Å². The van der Waals surface area contributed by atoms with Gasteiger partial charge in [-0.05, 0) is 89.4 Å². The molecule has 6 fully saturated rings. The number of aliphatic hydroxyl groups is 4. The zero-order valence-corrected chi connectivity index (χ0v) is 50.5. The van der Waals surface area contributed by atoms with E-state index in [9.17, 15) is 49.7 Å². The maximum atomic E-state index is 15.5. The van der Waals surface area contributed by atoms with Crippen molar-refractivity contribution in [1.82, 2.24) is 5.32 Å². The third-order valence-electron chi connectivity index (χ3n) is 19.9. The summed E-state index contributed by atoms with van der Waals surface area (Å²) in [5.41, 5.74) is -4.89. The number of ether oxygens (including phenoxy) is 11. The molecule has 5 aliphatic heterocycles. The second-order valence-electron chi connectivity index (χ2n) is 25.7. The van der Waals surface area contributed by atoms with Crippen molar-refractivity contribution in [2.24, 2.45) is 40.9 Å². The first-order valence-corrected chi connectivity index (χ1v) is 29.9. The molecule has 26 atom stereocenters. The summed E-state index contributed by atoms with van der Waals surface area (Å²) in [5.74, 6) is -6.43. The van der Waals surface area contributed by atoms with Gasteiger partial charge < -0.3 is 77.8 Å². The third kappa shape index (κ3) is 12.3. The highest BCUT2D eigenvalue weighted by Crippen LogP contribution is 2.61. The lowest BCUT2D eigenvalue weighted by Crippen LogP contribution is -2.65. The van der Waals surface area contributed by atoms with Crippen LogP contribution in [0.25, 0.3) is 0 Å². The number of alkyl carbamates (subject to hydrolysis) is 1. The molecular weight excluding hydrogens is 1110 g/mol. The van der Waals surface area contributed by atoms with Crippen LogP contribution in [0.4, 0.5) is 4.79 Å². The maximum Gasteiger partial charge on any atom is 0.407 e. The van der Waals surface area contributed by atoms with E-state index in [1.807, 2.05) is 32.9 Å². The summed E-state index contributed by atoms with van der Waals surface area (Å²) in [4.78, 5) is 80.2. The molecule has 472 valence electrons. The van der Waals surface area contributed by atoms with E-state index < -0.39 is 185 Å². The summed E-state index contributed by atoms with van der Waals surface area (Å²) >= 11 is 0. The smallest absolute Gasteiger partial charge is 0.407 e. The van der Waals surface area contributed by atoms with Crippen LogP contribution < -0.4 is 5.32 Å². The van der Waals surface area contributed by atoms with Gasteiger partial charge in [-0.1, -0.05) is 50.6 Å². The lowest BCUT2D eigenvalue weighted by Gasteiger charge is -2.56. The molecule has 85 heavy (non-hydrogen) atoms. The monoisotopic (exact) mass is 1200 g/mol. The number of rotatable bonds is 12. The van der Waals surface area contributed by atoms with Crippen LogP contribution in [0.15, 0.2) is 58.4 Å². The predicted molar refractivity (Wildman–Crippen MR) is 297 cm³/mol. The summed E-state index contributed by atoms with van der Waals surface area (Å²) in [5, 5.41) is 61.3. The summed E-state index contributed by atoms with van der Waals surface area (Å²) < 4.78 is 68.6. The van der Waals surface area contributed by atoms with Crippen LogP contribution in [0.1, 0.15) is 121 Å². The number of carbonyl (C=O) groups is 5. The van der Waals surface area contributed by atoms with Crippen molar-refractivity contribution in [2.75, 3.05) is 13.7 Å². The van der Waals surface area contributed by atoms with Crippen LogP contribution in [0.3, 0.4) is 0 Å². The van der Waals surface area contributed by atoms with Gasteiger partial charge in [0.15, 0.2) is 30.6 Å². The van der Waals surface area contributed by atoms with Crippen LogP contribution in [-0.2, 0) is 71.3 Å². The molecule has 1 amide bonds. The first-order valence-electron chi connectivity index (χ1n) is 29.9. The number of fused-ring (bicyclic) bond motifs is 4. The fourth-order valence-corrected chi connectivity index (χ4v) is 15.5. The first-order chi connectivity index (χ1) is 40.0. The van der Waals surface area contributed by atoms with E-state index in [2.05, 4.69) is 25.2 Å². The second-order valence-corrected chi connectivity index (χ2v) is 25.7. The topological polar surface area (TPSA) is 323 Å². The van der Waals surface area contributed by atoms with Gasteiger partial charge >= 0.3 is 18.0 Å². The lowest BCUT2D eigenvalue weighted by molar-refractivity contribution is -0.584. The average Bonchev–Trinajstić information content (AvgIpc) is 2.03. The Labute approximate surface area is 495 Å². The van der Waals surface area contributed by atoms with Crippen LogP contribution in [0.2, 0.25) is 0 Å². The van der Waals surface area contributed by atoms with Crippen molar-refractivity contribution in [2.45, 2.75) is 237 Å². The summed E-state index contributed by atoms with van der Waals surface area (Å²) in [6, 6.07) is -1.12. The number of nitrogens with one attached hydrogen (secondary N) is 1. The minimum Gasteiger partial charge on any atom is -0.511 e. The van der Waals surface area contributed by atoms with Gasteiger partial charge in [0.25, 0.3) is 0 Å². The molecule has 2 bridgehead atoms. The first kappa shape index (κ1) is 64.5. The number of methoxy groups -OCH3 is 1. The van der Waals surface area contributed by atoms with Gasteiger partial charge in [0.2, 0.25) is 11.3 Å². The highest BCUT2D eigenvalue weighted by molar-refractivity contribution is 6.26. The van der Waals surface area contributed by atoms with E-state index >= 15 is 4.79 Å². The number of nitrogens with zero attached hydrogens (tertiary/aromatic N) is 1. The second kappa shape index (κ2) is 25.2. The standard InChI is InChI=1S/C61H86N2O22/c1-27-13-16-43(82-48-24-59(10,63(73)74)54(34(8)79-48)62-58(72)75-12)28(2)18-40-41(66)19-36(25-64)23-61(40)56(70)49(57(71)85-61)55(69)60(11)39(27)15-14-38-50(60)29(3)17-30(4)52(38)84-47-22-45(53(33(7)78-47)80-35(9)65)81-37-20-44(31(5)76-26-37)83-46-21-42(67)51(68)32(6)77-46/h13-15,18-19,25,29-34,37-48,50-54,66-69H,16-17,20-24,26H2,1-12H3,(H,62,72)/b27-13-,28-18+,55-49+. The molecule has 0 radical (unpaired) electrons. The third-order valence-corrected chi connectivity index (χ3v) is 19.9. The quantitative estimate of drug-likeness (QED) is 0.0323. The molecule has 4 aliphatic carbocycles. The number of carbonyl (C=O) groups excluding carboxylic acids is 5. The molecule has 0 aromatic heterocycles. The predicted octanol–water partition coefficient (Wildman–Crippen LogP) is 5.10. The minimum atomic E-state index is -2.20. The Morgan fingerprint density at radius 3 is 2.19 bits per heavy atom. The molecular formula is C61H86N2O22. The van der Waals surface area contributed by atoms with E-state index in [1.54, 1.807) is 33.8 Å². The van der Waals surface area contributed by atoms with E-state index in [0.717, 1.165) is 7.11 Å². The Morgan fingerprint density at radius 2 is 1.52 bits per heavy atom. The Balaban J connectivity index is 1.05. The number of hydrogen-bond donors (Lipinski definition) is 5. The highest BCUT2D eigenvalue weighted by Gasteiger charge is 2.65. The van der Waals surface area contributed by atoms with Gasteiger partial charge in [0.1, 0.15) is 35.9 Å². The van der Waals surface area contributed by atoms with Crippen molar-refractivity contribution in [3.8, 4) is 0 Å². The van der Waals surface area contributed by atoms with Crippen molar-refractivity contribution in [3.05, 3.63) is 68.5 Å². The molecule has 1 spiro atoms. The van der Waals surface area contributed by atoms with Crippen molar-refractivity contribution in [1.29, 1.82) is 0 Å². The normalized spacial score (nSPS) is 47.8. The molecule has 5 N–H and O–H groups in total. The van der Waals surface area contributed by atoms with Crippen LogP contribution in [0.5, 0.6) is 0 Å². The summed E-state index contributed by atoms with van der Waals surface area (Å²) in [6.07, 6.45) is -4.62. The number of ketones is 1. The van der Waals surface area contributed by atoms with Crippen LogP contribution in [-0.4, -0.2) is 185 Å². The van der Waals surface area contributed by atoms with Crippen molar-refractivity contribution < 1.29 is 101 Å². The number of aliphatic hydroxyl groups excluding tert-OH is 4. The zero-order valence-electron chi connectivity index (χ0n) is 50.5. The van der Waals surface area contributed by atoms with Gasteiger partial charge in [0, 0.05) is 61.7 Å². The van der Waals surface area contributed by atoms with Gasteiger partial charge in [0.05, 0.1) is 87.1 Å². The highest BCUT2D eigenvalue weighted by atomic mass is 16.7. The fourth-order valence-electron chi connectivity index (χ4n) is 15.5. The van der Waals surface area contributed by atoms with E-state index in [-0.39, 0.29) is 55.8 Å². The molecule has 0 aromatic carbocycles.